The molecule has 0 spiro atoms. The van der Waals surface area contributed by atoms with Gasteiger partial charge in [0.1, 0.15) is 28.3 Å². The molecule has 2 aliphatic rings. The lowest BCUT2D eigenvalue weighted by Crippen LogP contribution is -2.46. The third-order valence-electron chi connectivity index (χ3n) is 7.09. The minimum atomic E-state index is -1.51. The van der Waals surface area contributed by atoms with E-state index in [4.69, 9.17) is 9.15 Å². The summed E-state index contributed by atoms with van der Waals surface area (Å²) in [6.45, 7) is 4.92. The van der Waals surface area contributed by atoms with Crippen LogP contribution in [0.4, 0.5) is 4.39 Å². The predicted octanol–water partition coefficient (Wildman–Crippen LogP) is 2.25. The van der Waals surface area contributed by atoms with Gasteiger partial charge in [-0.25, -0.2) is 4.39 Å². The number of fused-ring (bicyclic) bond motifs is 2. The van der Waals surface area contributed by atoms with Crippen molar-refractivity contribution < 1.29 is 32.7 Å². The molecular weight excluding hydrogens is 507 g/mol. The second kappa shape index (κ2) is 10.1. The molecule has 11 heteroatoms. The van der Waals surface area contributed by atoms with Gasteiger partial charge in [-0.15, -0.1) is 0 Å². The molecule has 2 aliphatic heterocycles. The predicted molar refractivity (Wildman–Crippen MR) is 139 cm³/mol. The van der Waals surface area contributed by atoms with Gasteiger partial charge in [0.25, 0.3) is 11.8 Å². The van der Waals surface area contributed by atoms with Gasteiger partial charge in [-0.05, 0) is 29.8 Å². The summed E-state index contributed by atoms with van der Waals surface area (Å²) in [6.07, 6.45) is -0.242. The molecule has 3 aromatic rings. The second-order valence-electron chi connectivity index (χ2n) is 10.2. The van der Waals surface area contributed by atoms with Crippen LogP contribution >= 0.6 is 0 Å². The summed E-state index contributed by atoms with van der Waals surface area (Å²) in [4.78, 5) is 52.9. The molecule has 4 amide bonds. The first-order chi connectivity index (χ1) is 18.6. The number of ether oxygens (including phenoxy) is 1. The van der Waals surface area contributed by atoms with Gasteiger partial charge in [-0.3, -0.25) is 24.5 Å². The Morgan fingerprint density at radius 3 is 2.67 bits per heavy atom. The van der Waals surface area contributed by atoms with E-state index in [9.17, 15) is 23.6 Å². The summed E-state index contributed by atoms with van der Waals surface area (Å²) in [5, 5.41) is 8.55. The standard InChI is InChI=1S/C28H29FN4O6/c1-15(2)30-6-7-31-25(35)20-8-17-9-23(39-22(17)11-21(20)29)28(12-24(34)32-27(28)37)14-33-13-16-4-5-18(38-3)10-19(16)26(33)36/h4-5,8-11,15,30H,6-7,12-14H2,1-3H3,(H,31,35)(H,32,34,37)/t28-/m1/s1. The maximum atomic E-state index is 14.9. The zero-order valence-electron chi connectivity index (χ0n) is 21.9. The van der Waals surface area contributed by atoms with E-state index in [0.717, 1.165) is 11.6 Å². The summed E-state index contributed by atoms with van der Waals surface area (Å²) in [5.41, 5.74) is -0.335. The maximum Gasteiger partial charge on any atom is 0.254 e. The van der Waals surface area contributed by atoms with Crippen LogP contribution in [0.5, 0.6) is 5.75 Å². The number of halogens is 1. The van der Waals surface area contributed by atoms with Crippen molar-refractivity contribution in [1.29, 1.82) is 0 Å². The molecule has 1 fully saturated rings. The Morgan fingerprint density at radius 2 is 1.97 bits per heavy atom. The molecule has 2 aromatic carbocycles. The van der Waals surface area contributed by atoms with Gasteiger partial charge in [0.15, 0.2) is 0 Å². The molecule has 1 saturated heterocycles. The Labute approximate surface area is 223 Å². The number of amides is 4. The number of rotatable bonds is 9. The van der Waals surface area contributed by atoms with E-state index in [-0.39, 0.29) is 48.4 Å². The number of carbonyl (C=O) groups excluding carboxylic acids is 4. The summed E-state index contributed by atoms with van der Waals surface area (Å²) < 4.78 is 26.0. The van der Waals surface area contributed by atoms with Crippen LogP contribution < -0.4 is 20.7 Å². The van der Waals surface area contributed by atoms with Crippen LogP contribution in [0.2, 0.25) is 0 Å². The Kier molecular flexibility index (Phi) is 6.85. The highest BCUT2D eigenvalue weighted by Crippen LogP contribution is 2.39. The van der Waals surface area contributed by atoms with Gasteiger partial charge in [-0.2, -0.15) is 0 Å². The highest BCUT2D eigenvalue weighted by Gasteiger charge is 2.53. The topological polar surface area (TPSA) is 130 Å². The van der Waals surface area contributed by atoms with Gasteiger partial charge in [0, 0.05) is 49.2 Å². The van der Waals surface area contributed by atoms with E-state index in [0.29, 0.717) is 29.8 Å². The molecule has 0 radical (unpaired) electrons. The van der Waals surface area contributed by atoms with Gasteiger partial charge < -0.3 is 24.7 Å². The van der Waals surface area contributed by atoms with Crippen molar-refractivity contribution in [3.05, 3.63) is 64.7 Å². The lowest BCUT2D eigenvalue weighted by atomic mass is 9.82. The quantitative estimate of drug-likeness (QED) is 0.283. The van der Waals surface area contributed by atoms with E-state index < -0.39 is 29.0 Å². The van der Waals surface area contributed by atoms with Crippen molar-refractivity contribution in [2.24, 2.45) is 0 Å². The molecule has 39 heavy (non-hydrogen) atoms. The van der Waals surface area contributed by atoms with Crippen LogP contribution in [0.3, 0.4) is 0 Å². The smallest absolute Gasteiger partial charge is 0.254 e. The summed E-state index contributed by atoms with van der Waals surface area (Å²) >= 11 is 0. The number of nitrogens with one attached hydrogen (secondary N) is 3. The number of hydrogen-bond acceptors (Lipinski definition) is 7. The van der Waals surface area contributed by atoms with E-state index in [1.807, 2.05) is 13.8 Å². The molecule has 3 N–H and O–H groups in total. The molecule has 0 bridgehead atoms. The molecule has 0 unspecified atom stereocenters. The zero-order chi connectivity index (χ0) is 27.9. The van der Waals surface area contributed by atoms with Crippen molar-refractivity contribution in [2.45, 2.75) is 38.3 Å². The minimum absolute atomic E-state index is 0.111. The van der Waals surface area contributed by atoms with Gasteiger partial charge in [0.2, 0.25) is 11.8 Å². The number of methoxy groups -OCH3 is 1. The van der Waals surface area contributed by atoms with Gasteiger partial charge >= 0.3 is 0 Å². The SMILES string of the molecule is COc1ccc2c(c1)C(=O)N(C[C@@]1(c3cc4cc(C(=O)NCCNC(C)C)c(F)cc4o3)CC(=O)NC1=O)C2. The first-order valence-electron chi connectivity index (χ1n) is 12.7. The highest BCUT2D eigenvalue weighted by molar-refractivity contribution is 6.10. The van der Waals surface area contributed by atoms with E-state index in [2.05, 4.69) is 16.0 Å². The first-order valence-corrected chi connectivity index (χ1v) is 12.7. The third-order valence-corrected chi connectivity index (χ3v) is 7.09. The van der Waals surface area contributed by atoms with Crippen molar-refractivity contribution in [3.63, 3.8) is 0 Å². The molecule has 204 valence electrons. The number of benzene rings is 2. The molecule has 3 heterocycles. The molecule has 1 atom stereocenters. The number of imide groups is 1. The lowest BCUT2D eigenvalue weighted by molar-refractivity contribution is -0.127. The number of carbonyl (C=O) groups is 4. The van der Waals surface area contributed by atoms with Crippen molar-refractivity contribution in [3.8, 4) is 5.75 Å². The summed E-state index contributed by atoms with van der Waals surface area (Å²) in [6, 6.07) is 9.40. The Morgan fingerprint density at radius 1 is 1.18 bits per heavy atom. The number of nitrogens with zero attached hydrogens (tertiary/aromatic N) is 1. The van der Waals surface area contributed by atoms with Crippen LogP contribution in [0, 0.1) is 5.82 Å². The molecule has 0 aliphatic carbocycles. The average Bonchev–Trinajstić information content (AvgIpc) is 3.54. The Hall–Kier alpha value is -4.25. The van der Waals surface area contributed by atoms with E-state index in [1.165, 1.54) is 24.1 Å². The van der Waals surface area contributed by atoms with Crippen molar-refractivity contribution in [1.82, 2.24) is 20.9 Å². The van der Waals surface area contributed by atoms with E-state index >= 15 is 0 Å². The van der Waals surface area contributed by atoms with Crippen LogP contribution in [0.15, 0.2) is 40.8 Å². The molecule has 0 saturated carbocycles. The normalized spacial score (nSPS) is 18.7. The Bertz CT molecular complexity index is 1500. The lowest BCUT2D eigenvalue weighted by Gasteiger charge is -2.28. The molecule has 5 rings (SSSR count). The highest BCUT2D eigenvalue weighted by atomic mass is 19.1. The minimum Gasteiger partial charge on any atom is -0.497 e. The van der Waals surface area contributed by atoms with Gasteiger partial charge in [-0.1, -0.05) is 19.9 Å². The second-order valence-corrected chi connectivity index (χ2v) is 10.2. The number of furan rings is 1. The third kappa shape index (κ3) is 4.85. The van der Waals surface area contributed by atoms with Crippen LogP contribution in [0.1, 0.15) is 52.3 Å². The Balaban J connectivity index is 1.44. The summed E-state index contributed by atoms with van der Waals surface area (Å²) in [5.74, 6) is -2.14. The van der Waals surface area contributed by atoms with Gasteiger partial charge in [0.05, 0.1) is 19.1 Å². The van der Waals surface area contributed by atoms with Crippen LogP contribution in [-0.4, -0.2) is 61.3 Å². The zero-order valence-corrected chi connectivity index (χ0v) is 21.9. The fraction of sp³-hybridized carbons (Fsp3) is 0.357. The monoisotopic (exact) mass is 536 g/mol. The molecule has 10 nitrogen and oxygen atoms in total. The summed E-state index contributed by atoms with van der Waals surface area (Å²) in [7, 11) is 1.51. The van der Waals surface area contributed by atoms with Crippen LogP contribution in [-0.2, 0) is 21.5 Å². The number of hydrogen-bond donors (Lipinski definition) is 3. The molecular formula is C28H29FN4O6. The first kappa shape index (κ1) is 26.4. The average molecular weight is 537 g/mol. The van der Waals surface area contributed by atoms with Crippen molar-refractivity contribution >= 4 is 34.6 Å². The fourth-order valence-electron chi connectivity index (χ4n) is 5.07. The molecule has 1 aromatic heterocycles. The van der Waals surface area contributed by atoms with Crippen molar-refractivity contribution in [2.75, 3.05) is 26.7 Å². The fourth-order valence-corrected chi connectivity index (χ4v) is 5.07. The van der Waals surface area contributed by atoms with Crippen LogP contribution in [0.25, 0.3) is 11.0 Å². The van der Waals surface area contributed by atoms with E-state index in [1.54, 1.807) is 18.2 Å². The largest absolute Gasteiger partial charge is 0.497 e. The maximum absolute atomic E-state index is 14.9.